The van der Waals surface area contributed by atoms with E-state index in [1.807, 2.05) is 6.07 Å². The van der Waals surface area contributed by atoms with E-state index in [4.69, 9.17) is 10.5 Å². The molecule has 0 amide bonds. The van der Waals surface area contributed by atoms with Crippen LogP contribution in [0.2, 0.25) is 0 Å². The number of nitrogens with two attached hydrogens (primary N) is 1. The number of rotatable bonds is 5. The lowest BCUT2D eigenvalue weighted by atomic mass is 10.0. The summed E-state index contributed by atoms with van der Waals surface area (Å²) in [5.74, 6) is -0.0884. The van der Waals surface area contributed by atoms with Gasteiger partial charge in [-0.25, -0.2) is 4.39 Å². The van der Waals surface area contributed by atoms with Crippen LogP contribution in [-0.2, 0) is 0 Å². The van der Waals surface area contributed by atoms with Gasteiger partial charge in [-0.1, -0.05) is 6.07 Å². The zero-order valence-electron chi connectivity index (χ0n) is 13.2. The third-order valence-electron chi connectivity index (χ3n) is 4.35. The number of hydrogen-bond donors (Lipinski definition) is 1. The van der Waals surface area contributed by atoms with Crippen LogP contribution in [0.3, 0.4) is 0 Å². The van der Waals surface area contributed by atoms with Crippen LogP contribution in [0.5, 0.6) is 5.75 Å². The highest BCUT2D eigenvalue weighted by molar-refractivity contribution is 5.31. The highest BCUT2D eigenvalue weighted by atomic mass is 19.1. The first kappa shape index (κ1) is 16.2. The molecule has 1 unspecified atom stereocenters. The van der Waals surface area contributed by atoms with Crippen molar-refractivity contribution in [2.24, 2.45) is 5.73 Å². The molecule has 1 aliphatic rings. The summed E-state index contributed by atoms with van der Waals surface area (Å²) < 4.78 is 18.7. The molecule has 0 aromatic heterocycles. The number of methoxy groups -OCH3 is 1. The molecule has 1 aromatic carbocycles. The van der Waals surface area contributed by atoms with Gasteiger partial charge in [0.15, 0.2) is 11.6 Å². The Kier molecular flexibility index (Phi) is 5.56. The summed E-state index contributed by atoms with van der Waals surface area (Å²) in [5.41, 5.74) is 7.04. The van der Waals surface area contributed by atoms with Gasteiger partial charge in [-0.2, -0.15) is 0 Å². The van der Waals surface area contributed by atoms with Gasteiger partial charge in [0.05, 0.1) is 7.11 Å². The number of hydrogen-bond acceptors (Lipinski definition) is 4. The minimum absolute atomic E-state index is 0.165. The van der Waals surface area contributed by atoms with E-state index in [2.05, 4.69) is 23.9 Å². The van der Waals surface area contributed by atoms with Crippen LogP contribution in [0, 0.1) is 5.82 Å². The second-order valence-electron chi connectivity index (χ2n) is 6.00. The molecule has 0 bridgehead atoms. The lowest BCUT2D eigenvalue weighted by Gasteiger charge is -2.36. The molecule has 1 aliphatic heterocycles. The summed E-state index contributed by atoms with van der Waals surface area (Å²) in [4.78, 5) is 4.66. The number of benzene rings is 1. The summed E-state index contributed by atoms with van der Waals surface area (Å²) in [7, 11) is 5.73. The molecule has 1 atom stereocenters. The van der Waals surface area contributed by atoms with Crippen molar-refractivity contribution in [2.75, 3.05) is 40.8 Å². The molecule has 1 fully saturated rings. The van der Waals surface area contributed by atoms with Crippen molar-refractivity contribution in [1.82, 2.24) is 9.80 Å². The molecule has 0 radical (unpaired) electrons. The van der Waals surface area contributed by atoms with Crippen LogP contribution in [0.25, 0.3) is 0 Å². The quantitative estimate of drug-likeness (QED) is 0.900. The lowest BCUT2D eigenvalue weighted by molar-refractivity contribution is 0.139. The van der Waals surface area contributed by atoms with Crippen molar-refractivity contribution in [3.8, 4) is 5.75 Å². The van der Waals surface area contributed by atoms with Crippen LogP contribution in [0.4, 0.5) is 4.39 Å². The topological polar surface area (TPSA) is 41.7 Å². The fourth-order valence-electron chi connectivity index (χ4n) is 2.92. The van der Waals surface area contributed by atoms with Crippen molar-refractivity contribution >= 4 is 0 Å². The number of likely N-dealkylation sites (tertiary alicyclic amines) is 1. The zero-order chi connectivity index (χ0) is 15.4. The molecule has 4 nitrogen and oxygen atoms in total. The van der Waals surface area contributed by atoms with Gasteiger partial charge in [0.25, 0.3) is 0 Å². The molecule has 0 spiro atoms. The first-order chi connectivity index (χ1) is 10.0. The Labute approximate surface area is 126 Å². The minimum atomic E-state index is -0.350. The second kappa shape index (κ2) is 7.20. The predicted molar refractivity (Wildman–Crippen MR) is 83.0 cm³/mol. The van der Waals surface area contributed by atoms with Gasteiger partial charge >= 0.3 is 0 Å². The maximum Gasteiger partial charge on any atom is 0.165 e. The van der Waals surface area contributed by atoms with Crippen LogP contribution in [0.1, 0.15) is 24.4 Å². The Morgan fingerprint density at radius 3 is 2.57 bits per heavy atom. The normalized spacial score (nSPS) is 19.0. The van der Waals surface area contributed by atoms with E-state index in [9.17, 15) is 4.39 Å². The molecule has 1 heterocycles. The Hall–Kier alpha value is -1.17. The van der Waals surface area contributed by atoms with Crippen molar-refractivity contribution in [2.45, 2.75) is 24.9 Å². The minimum Gasteiger partial charge on any atom is -0.494 e. The average Bonchev–Trinajstić information content (AvgIpc) is 2.47. The van der Waals surface area contributed by atoms with Crippen molar-refractivity contribution in [1.29, 1.82) is 0 Å². The van der Waals surface area contributed by atoms with Gasteiger partial charge < -0.3 is 20.3 Å². The van der Waals surface area contributed by atoms with Crippen LogP contribution >= 0.6 is 0 Å². The molecule has 0 saturated carbocycles. The highest BCUT2D eigenvalue weighted by Gasteiger charge is 2.22. The SMILES string of the molecule is COc1ccc(C(N)CN2CCC(N(C)C)CC2)cc1F. The molecule has 2 N–H and O–H groups in total. The van der Waals surface area contributed by atoms with E-state index in [0.717, 1.165) is 38.0 Å². The van der Waals surface area contributed by atoms with Crippen LogP contribution < -0.4 is 10.5 Å². The van der Waals surface area contributed by atoms with Gasteiger partial charge in [0.2, 0.25) is 0 Å². The Bertz CT molecular complexity index is 459. The molecule has 0 aliphatic carbocycles. The van der Waals surface area contributed by atoms with E-state index in [1.165, 1.54) is 13.2 Å². The molecule has 5 heteroatoms. The number of ether oxygens (including phenoxy) is 1. The number of piperidine rings is 1. The second-order valence-corrected chi connectivity index (χ2v) is 6.00. The zero-order valence-corrected chi connectivity index (χ0v) is 13.2. The maximum absolute atomic E-state index is 13.7. The Balaban J connectivity index is 1.90. The molecule has 118 valence electrons. The van der Waals surface area contributed by atoms with Crippen molar-refractivity contribution in [3.63, 3.8) is 0 Å². The maximum atomic E-state index is 13.7. The van der Waals surface area contributed by atoms with E-state index >= 15 is 0 Å². The molecule has 1 aromatic rings. The van der Waals surface area contributed by atoms with Crippen molar-refractivity contribution in [3.05, 3.63) is 29.6 Å². The van der Waals surface area contributed by atoms with Gasteiger partial charge in [0.1, 0.15) is 0 Å². The van der Waals surface area contributed by atoms with E-state index in [1.54, 1.807) is 6.07 Å². The monoisotopic (exact) mass is 295 g/mol. The molecular formula is C16H26FN3O. The Morgan fingerprint density at radius 1 is 1.38 bits per heavy atom. The summed E-state index contributed by atoms with van der Waals surface area (Å²) in [5, 5.41) is 0. The fraction of sp³-hybridized carbons (Fsp3) is 0.625. The first-order valence-electron chi connectivity index (χ1n) is 7.49. The van der Waals surface area contributed by atoms with Gasteiger partial charge in [-0.05, 0) is 57.7 Å². The van der Waals surface area contributed by atoms with Crippen LogP contribution in [0.15, 0.2) is 18.2 Å². The number of nitrogens with zero attached hydrogens (tertiary/aromatic N) is 2. The first-order valence-corrected chi connectivity index (χ1v) is 7.49. The van der Waals surface area contributed by atoms with Gasteiger partial charge in [-0.15, -0.1) is 0 Å². The third-order valence-corrected chi connectivity index (χ3v) is 4.35. The lowest BCUT2D eigenvalue weighted by Crippen LogP contribution is -2.44. The summed E-state index contributed by atoms with van der Waals surface area (Å²) >= 11 is 0. The summed E-state index contributed by atoms with van der Waals surface area (Å²) in [6, 6.07) is 5.47. The smallest absolute Gasteiger partial charge is 0.165 e. The van der Waals surface area contributed by atoms with E-state index in [-0.39, 0.29) is 17.6 Å². The predicted octanol–water partition coefficient (Wildman–Crippen LogP) is 1.86. The average molecular weight is 295 g/mol. The third kappa shape index (κ3) is 4.15. The largest absolute Gasteiger partial charge is 0.494 e. The molecule has 1 saturated heterocycles. The fourth-order valence-corrected chi connectivity index (χ4v) is 2.92. The van der Waals surface area contributed by atoms with Gasteiger partial charge in [-0.3, -0.25) is 0 Å². The Morgan fingerprint density at radius 2 is 2.05 bits per heavy atom. The van der Waals surface area contributed by atoms with Crippen molar-refractivity contribution < 1.29 is 9.13 Å². The standard InChI is InChI=1S/C16H26FN3O/c1-19(2)13-6-8-20(9-7-13)11-15(18)12-4-5-16(21-3)14(17)10-12/h4-5,10,13,15H,6-9,11,18H2,1-3H3. The van der Waals surface area contributed by atoms with E-state index in [0.29, 0.717) is 6.04 Å². The summed E-state index contributed by atoms with van der Waals surface area (Å²) in [6.45, 7) is 2.87. The molecule has 21 heavy (non-hydrogen) atoms. The van der Waals surface area contributed by atoms with E-state index < -0.39 is 0 Å². The molecular weight excluding hydrogens is 269 g/mol. The van der Waals surface area contributed by atoms with Crippen LogP contribution in [-0.4, -0.2) is 56.7 Å². The summed E-state index contributed by atoms with van der Waals surface area (Å²) in [6.07, 6.45) is 2.33. The van der Waals surface area contributed by atoms with Gasteiger partial charge in [0, 0.05) is 18.6 Å². The highest BCUT2D eigenvalue weighted by Crippen LogP contribution is 2.22. The molecule has 2 rings (SSSR count). The number of halogens is 1.